The summed E-state index contributed by atoms with van der Waals surface area (Å²) in [6.07, 6.45) is -1.12. The molecule has 0 radical (unpaired) electrons. The van der Waals surface area contributed by atoms with E-state index in [0.717, 1.165) is 0 Å². The number of ether oxygens (including phenoxy) is 4. The van der Waals surface area contributed by atoms with E-state index in [4.69, 9.17) is 18.9 Å². The van der Waals surface area contributed by atoms with Crippen LogP contribution in [-0.4, -0.2) is 80.4 Å². The lowest BCUT2D eigenvalue weighted by atomic mass is 10.0. The maximum absolute atomic E-state index is 13.1. The second kappa shape index (κ2) is 10.3. The topological polar surface area (TPSA) is 94.6 Å². The summed E-state index contributed by atoms with van der Waals surface area (Å²) in [5, 5.41) is 0. The minimum atomic E-state index is -0.591. The van der Waals surface area contributed by atoms with E-state index in [1.165, 1.54) is 28.0 Å². The Bertz CT molecular complexity index is 968. The molecule has 9 nitrogen and oxygen atoms in total. The van der Waals surface area contributed by atoms with Crippen LogP contribution in [0.15, 0.2) is 48.5 Å². The van der Waals surface area contributed by atoms with Crippen molar-refractivity contribution in [3.63, 3.8) is 0 Å². The predicted molar refractivity (Wildman–Crippen MR) is 113 cm³/mol. The lowest BCUT2D eigenvalue weighted by Crippen LogP contribution is -2.42. The number of carbonyl (C=O) groups is 3. The molecule has 2 saturated heterocycles. The quantitative estimate of drug-likeness (QED) is 0.675. The zero-order valence-electron chi connectivity index (χ0n) is 17.5. The van der Waals surface area contributed by atoms with Crippen LogP contribution < -0.4 is 9.47 Å². The van der Waals surface area contributed by atoms with Crippen LogP contribution in [0.3, 0.4) is 0 Å². The van der Waals surface area contributed by atoms with Gasteiger partial charge in [0, 0.05) is 37.8 Å². The number of benzene rings is 2. The van der Waals surface area contributed by atoms with Gasteiger partial charge in [-0.05, 0) is 12.1 Å². The number of hydrogen-bond acceptors (Lipinski definition) is 7. The molecule has 2 aromatic carbocycles. The van der Waals surface area contributed by atoms with E-state index >= 15 is 0 Å². The van der Waals surface area contributed by atoms with Gasteiger partial charge in [-0.25, -0.2) is 9.59 Å². The van der Waals surface area contributed by atoms with Gasteiger partial charge in [-0.15, -0.1) is 0 Å². The van der Waals surface area contributed by atoms with Crippen molar-refractivity contribution in [3.05, 3.63) is 59.7 Å². The summed E-state index contributed by atoms with van der Waals surface area (Å²) in [6, 6.07) is 13.1. The van der Waals surface area contributed by atoms with Crippen molar-refractivity contribution in [3.8, 4) is 11.5 Å². The van der Waals surface area contributed by atoms with Crippen LogP contribution in [0, 0.1) is 0 Å². The van der Waals surface area contributed by atoms with Crippen molar-refractivity contribution in [2.24, 2.45) is 0 Å². The van der Waals surface area contributed by atoms with Gasteiger partial charge < -0.3 is 28.7 Å². The predicted octanol–water partition coefficient (Wildman–Crippen LogP) is 2.58. The molecule has 9 heteroatoms. The summed E-state index contributed by atoms with van der Waals surface area (Å²) >= 11 is 0. The summed E-state index contributed by atoms with van der Waals surface area (Å²) in [5.74, 6) is -0.0973. The minimum absolute atomic E-state index is 0.0302. The number of hydrogen-bond donors (Lipinski definition) is 0. The molecular weight excluding hydrogens is 416 g/mol. The Kier molecular flexibility index (Phi) is 6.98. The zero-order chi connectivity index (χ0) is 22.3. The summed E-state index contributed by atoms with van der Waals surface area (Å²) < 4.78 is 21.6. The van der Waals surface area contributed by atoms with Crippen molar-refractivity contribution in [2.45, 2.75) is 0 Å². The number of nitrogens with zero attached hydrogens (tertiary/aromatic N) is 2. The molecular formula is C23H24N2O7. The van der Waals surface area contributed by atoms with Crippen LogP contribution in [0.2, 0.25) is 0 Å². The van der Waals surface area contributed by atoms with Crippen molar-refractivity contribution in [2.75, 3.05) is 52.6 Å². The molecule has 2 aliphatic heterocycles. The van der Waals surface area contributed by atoms with E-state index in [1.54, 1.807) is 24.3 Å². The van der Waals surface area contributed by atoms with Crippen LogP contribution in [0.4, 0.5) is 9.59 Å². The third-order valence-electron chi connectivity index (χ3n) is 5.17. The van der Waals surface area contributed by atoms with Crippen LogP contribution in [0.5, 0.6) is 11.5 Å². The van der Waals surface area contributed by atoms with Gasteiger partial charge in [0.15, 0.2) is 5.78 Å². The molecule has 2 aliphatic rings. The van der Waals surface area contributed by atoms with Crippen LogP contribution in [-0.2, 0) is 9.47 Å². The standard InChI is InChI=1S/C23H24N2O7/c26-21(17-4-2-1-3-5-17)19-7-6-18(31-22(27)24-8-12-29-13-9-24)16-20(19)32-23(28)25-10-14-30-15-11-25/h1-7,16H,8-15H2. The largest absolute Gasteiger partial charge is 0.415 e. The maximum Gasteiger partial charge on any atom is 0.415 e. The molecule has 0 bridgehead atoms. The molecule has 0 spiro atoms. The molecule has 2 heterocycles. The Morgan fingerprint density at radius 1 is 0.719 bits per heavy atom. The first-order valence-corrected chi connectivity index (χ1v) is 10.4. The number of rotatable bonds is 4. The number of carbonyl (C=O) groups excluding carboxylic acids is 3. The van der Waals surface area contributed by atoms with Gasteiger partial charge in [0.25, 0.3) is 0 Å². The third kappa shape index (κ3) is 5.24. The molecule has 2 amide bonds. The van der Waals surface area contributed by atoms with E-state index in [9.17, 15) is 14.4 Å². The second-order valence-corrected chi connectivity index (χ2v) is 7.29. The van der Waals surface area contributed by atoms with Gasteiger partial charge in [0.1, 0.15) is 11.5 Å². The number of morpholine rings is 2. The second-order valence-electron chi connectivity index (χ2n) is 7.29. The average molecular weight is 440 g/mol. The van der Waals surface area contributed by atoms with E-state index in [0.29, 0.717) is 58.2 Å². The monoisotopic (exact) mass is 440 g/mol. The van der Waals surface area contributed by atoms with E-state index in [-0.39, 0.29) is 22.8 Å². The number of amides is 2. The Balaban J connectivity index is 1.58. The summed E-state index contributed by atoms with van der Waals surface area (Å²) in [4.78, 5) is 41.2. The van der Waals surface area contributed by atoms with Gasteiger partial charge in [0.05, 0.1) is 32.0 Å². The average Bonchev–Trinajstić information content (AvgIpc) is 2.85. The first-order valence-electron chi connectivity index (χ1n) is 10.4. The van der Waals surface area contributed by atoms with Gasteiger partial charge in [-0.2, -0.15) is 0 Å². The highest BCUT2D eigenvalue weighted by Crippen LogP contribution is 2.28. The summed E-state index contributed by atoms with van der Waals surface area (Å²) in [7, 11) is 0. The SMILES string of the molecule is O=C(c1ccccc1)c1ccc(OC(=O)N2CCOCC2)cc1OC(=O)N1CCOCC1. The fourth-order valence-electron chi connectivity index (χ4n) is 3.40. The Morgan fingerprint density at radius 2 is 1.28 bits per heavy atom. The van der Waals surface area contributed by atoms with E-state index < -0.39 is 12.2 Å². The minimum Gasteiger partial charge on any atom is -0.410 e. The molecule has 168 valence electrons. The van der Waals surface area contributed by atoms with Gasteiger partial charge >= 0.3 is 12.2 Å². The highest BCUT2D eigenvalue weighted by molar-refractivity contribution is 6.11. The summed E-state index contributed by atoms with van der Waals surface area (Å²) in [6.45, 7) is 3.39. The fraction of sp³-hybridized carbons (Fsp3) is 0.348. The van der Waals surface area contributed by atoms with Crippen molar-refractivity contribution in [1.82, 2.24) is 9.80 Å². The fourth-order valence-corrected chi connectivity index (χ4v) is 3.40. The lowest BCUT2D eigenvalue weighted by molar-refractivity contribution is 0.0409. The lowest BCUT2D eigenvalue weighted by Gasteiger charge is -2.27. The Morgan fingerprint density at radius 3 is 1.88 bits per heavy atom. The van der Waals surface area contributed by atoms with Crippen molar-refractivity contribution >= 4 is 18.0 Å². The third-order valence-corrected chi connectivity index (χ3v) is 5.17. The van der Waals surface area contributed by atoms with Crippen LogP contribution in [0.25, 0.3) is 0 Å². The van der Waals surface area contributed by atoms with Gasteiger partial charge in [-0.1, -0.05) is 30.3 Å². The first-order chi connectivity index (χ1) is 15.6. The molecule has 2 fully saturated rings. The zero-order valence-corrected chi connectivity index (χ0v) is 17.5. The van der Waals surface area contributed by atoms with Gasteiger partial charge in [-0.3, -0.25) is 4.79 Å². The summed E-state index contributed by atoms with van der Waals surface area (Å²) in [5.41, 5.74) is 0.651. The van der Waals surface area contributed by atoms with E-state index in [2.05, 4.69) is 0 Å². The molecule has 0 atom stereocenters. The van der Waals surface area contributed by atoms with Crippen LogP contribution in [0.1, 0.15) is 15.9 Å². The maximum atomic E-state index is 13.1. The Hall–Kier alpha value is -3.43. The molecule has 4 rings (SSSR count). The molecule has 0 aromatic heterocycles. The van der Waals surface area contributed by atoms with E-state index in [1.807, 2.05) is 6.07 Å². The normalized spacial score (nSPS) is 16.4. The molecule has 0 unspecified atom stereocenters. The smallest absolute Gasteiger partial charge is 0.410 e. The molecule has 0 N–H and O–H groups in total. The molecule has 0 aliphatic carbocycles. The molecule has 32 heavy (non-hydrogen) atoms. The number of ketones is 1. The Labute approximate surface area is 185 Å². The highest BCUT2D eigenvalue weighted by atomic mass is 16.6. The van der Waals surface area contributed by atoms with Crippen molar-refractivity contribution in [1.29, 1.82) is 0 Å². The van der Waals surface area contributed by atoms with Crippen LogP contribution >= 0.6 is 0 Å². The highest BCUT2D eigenvalue weighted by Gasteiger charge is 2.24. The molecule has 2 aromatic rings. The van der Waals surface area contributed by atoms with Crippen molar-refractivity contribution < 1.29 is 33.3 Å². The first kappa shape index (κ1) is 21.8. The molecule has 0 saturated carbocycles. The van der Waals surface area contributed by atoms with Gasteiger partial charge in [0.2, 0.25) is 0 Å².